The molecule has 0 aliphatic carbocycles. The maximum atomic E-state index is 13.6. The Hall–Kier alpha value is -2.01. The largest absolute Gasteiger partial charge is 0.481 e. The van der Waals surface area contributed by atoms with E-state index in [9.17, 15) is 8.78 Å². The first-order chi connectivity index (χ1) is 8.65. The highest BCUT2D eigenvalue weighted by atomic mass is 19.1. The second kappa shape index (κ2) is 5.10. The number of ether oxygens (including phenoxy) is 1. The van der Waals surface area contributed by atoms with E-state index in [4.69, 9.17) is 10.5 Å². The van der Waals surface area contributed by atoms with Crippen LogP contribution in [0.25, 0.3) is 0 Å². The molecule has 94 valence electrons. The van der Waals surface area contributed by atoms with E-state index in [1.807, 2.05) is 0 Å². The maximum Gasteiger partial charge on any atom is 0.218 e. The van der Waals surface area contributed by atoms with Crippen molar-refractivity contribution in [3.63, 3.8) is 0 Å². The van der Waals surface area contributed by atoms with Crippen LogP contribution < -0.4 is 10.5 Å². The first-order valence-electron chi connectivity index (χ1n) is 5.33. The van der Waals surface area contributed by atoms with Gasteiger partial charge in [-0.15, -0.1) is 0 Å². The standard InChI is InChI=1S/C13H12F2N2O/c1-18-13-8(4-3-7-17-13)12(16)11-9(14)5-2-6-10(11)15/h2-7,12H,16H2,1H3. The minimum atomic E-state index is -0.963. The molecule has 0 saturated heterocycles. The number of nitrogens with two attached hydrogens (primary N) is 1. The van der Waals surface area contributed by atoms with E-state index in [0.29, 0.717) is 5.56 Å². The van der Waals surface area contributed by atoms with Gasteiger partial charge in [0.25, 0.3) is 0 Å². The first kappa shape index (κ1) is 12.4. The van der Waals surface area contributed by atoms with Gasteiger partial charge in [0, 0.05) is 17.3 Å². The molecule has 0 aliphatic rings. The number of hydrogen-bond acceptors (Lipinski definition) is 3. The normalized spacial score (nSPS) is 12.2. The third kappa shape index (κ3) is 2.17. The van der Waals surface area contributed by atoms with Gasteiger partial charge in [-0.05, 0) is 18.2 Å². The van der Waals surface area contributed by atoms with Crippen molar-refractivity contribution < 1.29 is 13.5 Å². The fourth-order valence-electron chi connectivity index (χ4n) is 1.77. The fraction of sp³-hybridized carbons (Fsp3) is 0.154. The Labute approximate surface area is 103 Å². The van der Waals surface area contributed by atoms with E-state index in [1.165, 1.54) is 31.5 Å². The molecule has 2 aromatic rings. The van der Waals surface area contributed by atoms with Gasteiger partial charge in [-0.2, -0.15) is 0 Å². The van der Waals surface area contributed by atoms with Crippen LogP contribution in [0.3, 0.4) is 0 Å². The van der Waals surface area contributed by atoms with Crippen LogP contribution in [0.5, 0.6) is 5.88 Å². The van der Waals surface area contributed by atoms with Gasteiger partial charge < -0.3 is 10.5 Å². The molecule has 2 N–H and O–H groups in total. The lowest BCUT2D eigenvalue weighted by molar-refractivity contribution is 0.389. The molecule has 0 bridgehead atoms. The third-order valence-electron chi connectivity index (χ3n) is 2.64. The molecule has 1 unspecified atom stereocenters. The quantitative estimate of drug-likeness (QED) is 0.910. The lowest BCUT2D eigenvalue weighted by atomic mass is 9.99. The van der Waals surface area contributed by atoms with E-state index in [-0.39, 0.29) is 11.4 Å². The Morgan fingerprint density at radius 3 is 2.44 bits per heavy atom. The van der Waals surface area contributed by atoms with Gasteiger partial charge in [0.15, 0.2) is 0 Å². The van der Waals surface area contributed by atoms with Gasteiger partial charge in [-0.25, -0.2) is 13.8 Å². The van der Waals surface area contributed by atoms with Gasteiger partial charge in [0.2, 0.25) is 5.88 Å². The second-order valence-electron chi connectivity index (χ2n) is 3.71. The predicted octanol–water partition coefficient (Wildman–Crippen LogP) is 2.42. The summed E-state index contributed by atoms with van der Waals surface area (Å²) in [4.78, 5) is 3.96. The minimum absolute atomic E-state index is 0.191. The highest BCUT2D eigenvalue weighted by molar-refractivity contribution is 5.38. The van der Waals surface area contributed by atoms with Crippen molar-refractivity contribution >= 4 is 0 Å². The summed E-state index contributed by atoms with van der Waals surface area (Å²) in [5.41, 5.74) is 6.14. The van der Waals surface area contributed by atoms with Crippen LogP contribution in [-0.4, -0.2) is 12.1 Å². The monoisotopic (exact) mass is 250 g/mol. The fourth-order valence-corrected chi connectivity index (χ4v) is 1.77. The predicted molar refractivity (Wildman–Crippen MR) is 63.2 cm³/mol. The van der Waals surface area contributed by atoms with Crippen LogP contribution in [0.15, 0.2) is 36.5 Å². The molecule has 0 fully saturated rings. The molecule has 3 nitrogen and oxygen atoms in total. The number of pyridine rings is 1. The second-order valence-corrected chi connectivity index (χ2v) is 3.71. The Kier molecular flexibility index (Phi) is 3.53. The molecule has 0 amide bonds. The summed E-state index contributed by atoms with van der Waals surface area (Å²) >= 11 is 0. The Balaban J connectivity index is 2.51. The van der Waals surface area contributed by atoms with E-state index in [1.54, 1.807) is 12.1 Å². The smallest absolute Gasteiger partial charge is 0.218 e. The molecule has 0 spiro atoms. The molecule has 5 heteroatoms. The first-order valence-corrected chi connectivity index (χ1v) is 5.33. The average molecular weight is 250 g/mol. The molecular weight excluding hydrogens is 238 g/mol. The van der Waals surface area contributed by atoms with E-state index < -0.39 is 17.7 Å². The van der Waals surface area contributed by atoms with Gasteiger partial charge in [-0.3, -0.25) is 0 Å². The SMILES string of the molecule is COc1ncccc1C(N)c1c(F)cccc1F. The van der Waals surface area contributed by atoms with Crippen molar-refractivity contribution in [2.45, 2.75) is 6.04 Å². The van der Waals surface area contributed by atoms with Crippen LogP contribution in [0.2, 0.25) is 0 Å². The topological polar surface area (TPSA) is 48.1 Å². The molecular formula is C13H12F2N2O. The Morgan fingerprint density at radius 2 is 1.83 bits per heavy atom. The van der Waals surface area contributed by atoms with Crippen LogP contribution >= 0.6 is 0 Å². The zero-order valence-corrected chi connectivity index (χ0v) is 9.73. The summed E-state index contributed by atoms with van der Waals surface area (Å²) in [5.74, 6) is -1.12. The highest BCUT2D eigenvalue weighted by Gasteiger charge is 2.21. The van der Waals surface area contributed by atoms with E-state index in [2.05, 4.69) is 4.98 Å². The molecule has 2 rings (SSSR count). The molecule has 0 saturated carbocycles. The van der Waals surface area contributed by atoms with E-state index in [0.717, 1.165) is 0 Å². The molecule has 1 aromatic heterocycles. The van der Waals surface area contributed by atoms with Crippen molar-refractivity contribution in [1.82, 2.24) is 4.98 Å². The number of halogens is 2. The van der Waals surface area contributed by atoms with Crippen LogP contribution in [0, 0.1) is 11.6 Å². The Bertz CT molecular complexity index is 540. The van der Waals surface area contributed by atoms with Crippen molar-refractivity contribution in [3.8, 4) is 5.88 Å². The lowest BCUT2D eigenvalue weighted by Gasteiger charge is -2.16. The van der Waals surface area contributed by atoms with Gasteiger partial charge in [0.05, 0.1) is 13.2 Å². The molecule has 1 heterocycles. The summed E-state index contributed by atoms with van der Waals surface area (Å²) in [6.45, 7) is 0. The van der Waals surface area contributed by atoms with Gasteiger partial charge in [0.1, 0.15) is 11.6 Å². The molecule has 18 heavy (non-hydrogen) atoms. The van der Waals surface area contributed by atoms with Crippen LogP contribution in [-0.2, 0) is 0 Å². The average Bonchev–Trinajstić information content (AvgIpc) is 2.38. The number of nitrogens with zero attached hydrogens (tertiary/aromatic N) is 1. The zero-order valence-electron chi connectivity index (χ0n) is 9.73. The van der Waals surface area contributed by atoms with Crippen LogP contribution in [0.4, 0.5) is 8.78 Å². The summed E-state index contributed by atoms with van der Waals surface area (Å²) in [6.07, 6.45) is 1.52. The van der Waals surface area contributed by atoms with E-state index >= 15 is 0 Å². The van der Waals surface area contributed by atoms with Crippen LogP contribution in [0.1, 0.15) is 17.2 Å². The number of hydrogen-bond donors (Lipinski definition) is 1. The number of rotatable bonds is 3. The third-order valence-corrected chi connectivity index (χ3v) is 2.64. The highest BCUT2D eigenvalue weighted by Crippen LogP contribution is 2.29. The van der Waals surface area contributed by atoms with Crippen molar-refractivity contribution in [1.29, 1.82) is 0 Å². The van der Waals surface area contributed by atoms with Gasteiger partial charge in [-0.1, -0.05) is 12.1 Å². The van der Waals surface area contributed by atoms with Crippen molar-refractivity contribution in [2.24, 2.45) is 5.73 Å². The number of aromatic nitrogens is 1. The number of benzene rings is 1. The summed E-state index contributed by atoms with van der Waals surface area (Å²) in [6, 6.07) is 5.93. The molecule has 0 aliphatic heterocycles. The number of methoxy groups -OCH3 is 1. The molecule has 1 atom stereocenters. The Morgan fingerprint density at radius 1 is 1.17 bits per heavy atom. The lowest BCUT2D eigenvalue weighted by Crippen LogP contribution is -2.17. The summed E-state index contributed by atoms with van der Waals surface area (Å²) in [5, 5.41) is 0. The van der Waals surface area contributed by atoms with Crippen molar-refractivity contribution in [2.75, 3.05) is 7.11 Å². The minimum Gasteiger partial charge on any atom is -0.481 e. The molecule has 0 radical (unpaired) electrons. The summed E-state index contributed by atoms with van der Waals surface area (Å²) < 4.78 is 32.3. The summed E-state index contributed by atoms with van der Waals surface area (Å²) in [7, 11) is 1.43. The molecule has 1 aromatic carbocycles. The van der Waals surface area contributed by atoms with Crippen molar-refractivity contribution in [3.05, 3.63) is 59.3 Å². The zero-order chi connectivity index (χ0) is 13.1. The maximum absolute atomic E-state index is 13.6. The van der Waals surface area contributed by atoms with Gasteiger partial charge >= 0.3 is 0 Å².